The number of likely N-dealkylation sites (N-methyl/N-ethyl adjacent to an activating group) is 1. The molecule has 0 spiro atoms. The van der Waals surface area contributed by atoms with Crippen molar-refractivity contribution in [2.45, 2.75) is 33.2 Å². The first-order valence-electron chi connectivity index (χ1n) is 10.7. The highest BCUT2D eigenvalue weighted by Gasteiger charge is 2.35. The quantitative estimate of drug-likeness (QED) is 0.505. The minimum Gasteiger partial charge on any atom is -0.353 e. The first-order chi connectivity index (χ1) is 14.9. The zero-order valence-electron chi connectivity index (χ0n) is 18.1. The Balaban J connectivity index is 1.80. The van der Waals surface area contributed by atoms with Gasteiger partial charge < -0.3 is 9.80 Å². The van der Waals surface area contributed by atoms with E-state index in [0.29, 0.717) is 26.3 Å². The van der Waals surface area contributed by atoms with Crippen LogP contribution >= 0.6 is 24.0 Å². The summed E-state index contributed by atoms with van der Waals surface area (Å²) in [7, 11) is 0. The highest BCUT2D eigenvalue weighted by Crippen LogP contribution is 2.35. The second-order valence-electron chi connectivity index (χ2n) is 7.81. The summed E-state index contributed by atoms with van der Waals surface area (Å²) in [6.07, 6.45) is 4.22. The maximum absolute atomic E-state index is 13.4. The van der Waals surface area contributed by atoms with Crippen LogP contribution in [0.1, 0.15) is 32.8 Å². The summed E-state index contributed by atoms with van der Waals surface area (Å²) in [6, 6.07) is 5.54. The molecule has 164 valence electrons. The van der Waals surface area contributed by atoms with Crippen LogP contribution in [0, 0.1) is 0 Å². The number of thioether (sulfide) groups is 1. The maximum atomic E-state index is 13.4. The number of carbonyl (C=O) groups is 1. The van der Waals surface area contributed by atoms with Crippen LogP contribution in [-0.4, -0.2) is 68.2 Å². The molecule has 4 rings (SSSR count). The normalized spacial score (nSPS) is 20.3. The van der Waals surface area contributed by atoms with Gasteiger partial charge in [-0.25, -0.2) is 4.98 Å². The summed E-state index contributed by atoms with van der Waals surface area (Å²) in [4.78, 5) is 38.0. The molecule has 4 heterocycles. The molecule has 2 aromatic heterocycles. The predicted molar refractivity (Wildman–Crippen MR) is 131 cm³/mol. The van der Waals surface area contributed by atoms with Crippen LogP contribution in [0.15, 0.2) is 34.1 Å². The number of carbonyl (C=O) groups excluding carboxylic acids is 1. The Hall–Kier alpha value is -2.23. The third kappa shape index (κ3) is 4.14. The molecule has 2 aromatic rings. The van der Waals surface area contributed by atoms with E-state index in [1.807, 2.05) is 32.0 Å². The number of rotatable bonds is 5. The van der Waals surface area contributed by atoms with Crippen LogP contribution in [0.2, 0.25) is 0 Å². The van der Waals surface area contributed by atoms with Crippen LogP contribution in [-0.2, 0) is 4.79 Å². The van der Waals surface area contributed by atoms with Crippen molar-refractivity contribution in [1.29, 1.82) is 0 Å². The summed E-state index contributed by atoms with van der Waals surface area (Å²) in [5.74, 6) is 0.504. The van der Waals surface area contributed by atoms with Crippen molar-refractivity contribution in [3.05, 3.63) is 45.2 Å². The molecule has 1 atom stereocenters. The molecule has 0 aliphatic carbocycles. The average Bonchev–Trinajstić information content (AvgIpc) is 3.08. The minimum atomic E-state index is -0.174. The highest BCUT2D eigenvalue weighted by atomic mass is 32.2. The van der Waals surface area contributed by atoms with Gasteiger partial charge >= 0.3 is 0 Å². The molecule has 2 aliphatic rings. The molecule has 0 N–H and O–H groups in total. The number of pyridine rings is 1. The lowest BCUT2D eigenvalue weighted by Crippen LogP contribution is -2.47. The number of anilines is 1. The molecule has 0 bridgehead atoms. The maximum Gasteiger partial charge on any atom is 0.267 e. The average molecular weight is 458 g/mol. The number of hydrogen-bond acceptors (Lipinski definition) is 7. The van der Waals surface area contributed by atoms with Gasteiger partial charge in [0, 0.05) is 38.4 Å². The minimum absolute atomic E-state index is 0.0239. The molecule has 0 saturated carbocycles. The van der Waals surface area contributed by atoms with E-state index in [0.717, 1.165) is 39.1 Å². The zero-order chi connectivity index (χ0) is 22.1. The van der Waals surface area contributed by atoms with E-state index in [1.165, 1.54) is 16.2 Å². The Labute approximate surface area is 191 Å². The Bertz CT molecular complexity index is 1100. The molecular weight excluding hydrogens is 430 g/mol. The lowest BCUT2D eigenvalue weighted by atomic mass is 10.2. The fourth-order valence-corrected chi connectivity index (χ4v) is 5.35. The Morgan fingerprint density at radius 3 is 2.61 bits per heavy atom. The topological polar surface area (TPSA) is 61.2 Å². The molecule has 2 saturated heterocycles. The third-order valence-electron chi connectivity index (χ3n) is 6.00. The van der Waals surface area contributed by atoms with E-state index in [4.69, 9.17) is 17.2 Å². The van der Waals surface area contributed by atoms with Gasteiger partial charge in [0.05, 0.1) is 10.5 Å². The molecule has 2 aliphatic heterocycles. The third-order valence-corrected chi connectivity index (χ3v) is 7.33. The van der Waals surface area contributed by atoms with Crippen LogP contribution < -0.4 is 10.5 Å². The molecule has 1 unspecified atom stereocenters. The van der Waals surface area contributed by atoms with E-state index >= 15 is 0 Å². The summed E-state index contributed by atoms with van der Waals surface area (Å²) in [6.45, 7) is 10.6. The van der Waals surface area contributed by atoms with Crippen LogP contribution in [0.25, 0.3) is 11.7 Å². The number of hydrogen-bond donors (Lipinski definition) is 0. The van der Waals surface area contributed by atoms with Gasteiger partial charge in [0.1, 0.15) is 15.8 Å². The number of fused-ring (bicyclic) bond motifs is 1. The lowest BCUT2D eigenvalue weighted by molar-refractivity contribution is -0.123. The molecule has 31 heavy (non-hydrogen) atoms. The monoisotopic (exact) mass is 457 g/mol. The van der Waals surface area contributed by atoms with Crippen molar-refractivity contribution in [3.8, 4) is 0 Å². The number of nitrogens with zero attached hydrogens (tertiary/aromatic N) is 5. The van der Waals surface area contributed by atoms with E-state index in [9.17, 15) is 9.59 Å². The number of aromatic nitrogens is 2. The van der Waals surface area contributed by atoms with Gasteiger partial charge in [-0.3, -0.25) is 18.9 Å². The van der Waals surface area contributed by atoms with Gasteiger partial charge in [-0.1, -0.05) is 43.9 Å². The van der Waals surface area contributed by atoms with E-state index in [-0.39, 0.29) is 17.5 Å². The summed E-state index contributed by atoms with van der Waals surface area (Å²) in [5, 5.41) is 0. The Kier molecular flexibility index (Phi) is 6.45. The zero-order valence-corrected chi connectivity index (χ0v) is 19.7. The molecule has 9 heteroatoms. The standard InChI is InChI=1S/C22H27N5O2S2/c1-4-15(3)27-21(29)17(31-22(27)30)14-16-19(25-12-10-24(5-2)11-13-25)23-18-8-6-7-9-26(18)20(16)28/h6-9,14-15H,4-5,10-13H2,1-3H3/b17-14+. The number of thiocarbonyl (C=S) groups is 1. The van der Waals surface area contributed by atoms with Crippen molar-refractivity contribution in [3.63, 3.8) is 0 Å². The van der Waals surface area contributed by atoms with E-state index in [2.05, 4.69) is 16.7 Å². The van der Waals surface area contributed by atoms with Crippen molar-refractivity contribution < 1.29 is 4.79 Å². The van der Waals surface area contributed by atoms with Crippen LogP contribution in [0.4, 0.5) is 5.82 Å². The van der Waals surface area contributed by atoms with Crippen molar-refractivity contribution >= 4 is 51.7 Å². The first-order valence-corrected chi connectivity index (χ1v) is 11.9. The second-order valence-corrected chi connectivity index (χ2v) is 9.49. The van der Waals surface area contributed by atoms with Gasteiger partial charge in [-0.05, 0) is 38.1 Å². The van der Waals surface area contributed by atoms with Gasteiger partial charge in [-0.15, -0.1) is 0 Å². The Morgan fingerprint density at radius 1 is 1.19 bits per heavy atom. The fraction of sp³-hybridized carbons (Fsp3) is 0.455. The number of piperazine rings is 1. The molecular formula is C22H27N5O2S2. The van der Waals surface area contributed by atoms with E-state index < -0.39 is 0 Å². The molecule has 0 aromatic carbocycles. The van der Waals surface area contributed by atoms with Gasteiger partial charge in [-0.2, -0.15) is 0 Å². The van der Waals surface area contributed by atoms with Crippen molar-refractivity contribution in [2.75, 3.05) is 37.6 Å². The van der Waals surface area contributed by atoms with Gasteiger partial charge in [0.2, 0.25) is 0 Å². The van der Waals surface area contributed by atoms with Gasteiger partial charge in [0.25, 0.3) is 11.5 Å². The van der Waals surface area contributed by atoms with Crippen molar-refractivity contribution in [2.24, 2.45) is 0 Å². The molecule has 0 radical (unpaired) electrons. The highest BCUT2D eigenvalue weighted by molar-refractivity contribution is 8.26. The summed E-state index contributed by atoms with van der Waals surface area (Å²) in [5.41, 5.74) is 0.871. The smallest absolute Gasteiger partial charge is 0.267 e. The number of amides is 1. The van der Waals surface area contributed by atoms with Crippen LogP contribution in [0.3, 0.4) is 0 Å². The van der Waals surface area contributed by atoms with Gasteiger partial charge in [0.15, 0.2) is 0 Å². The molecule has 2 fully saturated rings. The summed E-state index contributed by atoms with van der Waals surface area (Å²) < 4.78 is 2.07. The molecule has 7 nitrogen and oxygen atoms in total. The predicted octanol–water partition coefficient (Wildman–Crippen LogP) is 2.84. The summed E-state index contributed by atoms with van der Waals surface area (Å²) >= 11 is 6.72. The first kappa shape index (κ1) is 22.0. The fourth-order valence-electron chi connectivity index (χ4n) is 3.91. The second kappa shape index (κ2) is 9.10. The Morgan fingerprint density at radius 2 is 1.94 bits per heavy atom. The molecule has 1 amide bonds. The lowest BCUT2D eigenvalue weighted by Gasteiger charge is -2.35. The SMILES string of the molecule is CCC(C)N1C(=O)/C(=C\c2c(N3CCN(CC)CC3)nc3ccccn3c2=O)SC1=S. The van der Waals surface area contributed by atoms with Crippen molar-refractivity contribution in [1.82, 2.24) is 19.2 Å². The van der Waals surface area contributed by atoms with Crippen LogP contribution in [0.5, 0.6) is 0 Å². The van der Waals surface area contributed by atoms with E-state index in [1.54, 1.807) is 17.2 Å². The largest absolute Gasteiger partial charge is 0.353 e.